The average Bonchev–Trinajstić information content (AvgIpc) is 2.32. The molecule has 1 aromatic carbocycles. The van der Waals surface area contributed by atoms with E-state index in [-0.39, 0.29) is 5.82 Å². The molecule has 0 saturated heterocycles. The van der Waals surface area contributed by atoms with Gasteiger partial charge in [0, 0.05) is 13.1 Å². The second-order valence-electron chi connectivity index (χ2n) is 3.49. The van der Waals surface area contributed by atoms with Crippen LogP contribution in [0.5, 0.6) is 5.75 Å². The van der Waals surface area contributed by atoms with Crippen LogP contribution in [0.3, 0.4) is 0 Å². The molecule has 0 spiro atoms. The van der Waals surface area contributed by atoms with Crippen LogP contribution < -0.4 is 10.3 Å². The first-order valence-corrected chi connectivity index (χ1v) is 4.82. The maximum absolute atomic E-state index is 11.9. The monoisotopic (exact) mass is 234 g/mol. The molecule has 0 saturated carbocycles. The van der Waals surface area contributed by atoms with E-state index in [0.717, 1.165) is 4.57 Å². The van der Waals surface area contributed by atoms with Crippen molar-refractivity contribution in [3.63, 3.8) is 0 Å². The minimum atomic E-state index is -1.24. The Labute approximate surface area is 96.1 Å². The average molecular weight is 234 g/mol. The van der Waals surface area contributed by atoms with Gasteiger partial charge in [-0.1, -0.05) is 0 Å². The highest BCUT2D eigenvalue weighted by Gasteiger charge is 2.14. The summed E-state index contributed by atoms with van der Waals surface area (Å²) in [6, 6.07) is 4.73. The molecule has 0 radical (unpaired) electrons. The predicted molar refractivity (Wildman–Crippen MR) is 60.5 cm³/mol. The van der Waals surface area contributed by atoms with Gasteiger partial charge in [0.05, 0.1) is 18.0 Å². The van der Waals surface area contributed by atoms with Crippen LogP contribution in [0.15, 0.2) is 23.0 Å². The second-order valence-corrected chi connectivity index (χ2v) is 3.49. The molecule has 0 bridgehead atoms. The third kappa shape index (κ3) is 1.73. The van der Waals surface area contributed by atoms with Crippen molar-refractivity contribution in [1.29, 1.82) is 0 Å². The van der Waals surface area contributed by atoms with Crippen LogP contribution in [0, 0.1) is 0 Å². The van der Waals surface area contributed by atoms with E-state index in [1.165, 1.54) is 20.2 Å². The lowest BCUT2D eigenvalue weighted by Gasteiger charge is -2.06. The summed E-state index contributed by atoms with van der Waals surface area (Å²) in [5.74, 6) is -1.01. The molecule has 0 unspecified atom stereocenters. The minimum absolute atomic E-state index is 0.296. The predicted octanol–water partition coefficient (Wildman–Crippen LogP) is 0.640. The van der Waals surface area contributed by atoms with Crippen molar-refractivity contribution >= 4 is 16.9 Å². The molecule has 1 heterocycles. The van der Waals surface area contributed by atoms with Crippen LogP contribution in [0.1, 0.15) is 10.6 Å². The lowest BCUT2D eigenvalue weighted by molar-refractivity contribution is 0.0678. The molecule has 1 N–H and O–H groups in total. The molecule has 17 heavy (non-hydrogen) atoms. The van der Waals surface area contributed by atoms with Gasteiger partial charge in [0.1, 0.15) is 5.75 Å². The van der Waals surface area contributed by atoms with E-state index in [0.29, 0.717) is 16.7 Å². The van der Waals surface area contributed by atoms with Crippen LogP contribution in [0.2, 0.25) is 0 Å². The molecule has 2 aromatic rings. The van der Waals surface area contributed by atoms with Crippen molar-refractivity contribution in [1.82, 2.24) is 9.55 Å². The van der Waals surface area contributed by atoms with Gasteiger partial charge in [-0.3, -0.25) is 9.36 Å². The first-order chi connectivity index (χ1) is 8.04. The smallest absolute Gasteiger partial charge is 0.372 e. The molecule has 88 valence electrons. The van der Waals surface area contributed by atoms with Crippen molar-refractivity contribution in [2.45, 2.75) is 0 Å². The molecule has 1 aromatic heterocycles. The lowest BCUT2D eigenvalue weighted by Crippen LogP contribution is -2.25. The van der Waals surface area contributed by atoms with Gasteiger partial charge in [-0.25, -0.2) is 9.78 Å². The van der Waals surface area contributed by atoms with Crippen molar-refractivity contribution in [3.05, 3.63) is 34.4 Å². The Bertz CT molecular complexity index is 660. The molecule has 0 atom stereocenters. The van der Waals surface area contributed by atoms with E-state index < -0.39 is 11.5 Å². The number of carboxylic acid groups (broad SMARTS) is 1. The van der Waals surface area contributed by atoms with Crippen LogP contribution >= 0.6 is 0 Å². The Morgan fingerprint density at radius 3 is 2.76 bits per heavy atom. The molecule has 0 aliphatic heterocycles. The molecular weight excluding hydrogens is 224 g/mol. The van der Waals surface area contributed by atoms with Crippen LogP contribution in [-0.4, -0.2) is 27.7 Å². The van der Waals surface area contributed by atoms with Gasteiger partial charge in [0.25, 0.3) is 5.56 Å². The Hall–Kier alpha value is -2.37. The topological polar surface area (TPSA) is 81.4 Å². The third-order valence-corrected chi connectivity index (χ3v) is 2.48. The van der Waals surface area contributed by atoms with E-state index in [1.807, 2.05) is 0 Å². The molecule has 6 heteroatoms. The van der Waals surface area contributed by atoms with Gasteiger partial charge in [0.15, 0.2) is 0 Å². The number of ether oxygens (including phenoxy) is 1. The minimum Gasteiger partial charge on any atom is -0.497 e. The van der Waals surface area contributed by atoms with Gasteiger partial charge >= 0.3 is 5.97 Å². The number of methoxy groups -OCH3 is 1. The molecule has 2 rings (SSSR count). The number of hydrogen-bond acceptors (Lipinski definition) is 4. The van der Waals surface area contributed by atoms with Gasteiger partial charge in [0.2, 0.25) is 5.82 Å². The highest BCUT2D eigenvalue weighted by Crippen LogP contribution is 2.16. The van der Waals surface area contributed by atoms with Crippen molar-refractivity contribution in [2.75, 3.05) is 7.11 Å². The molecule has 0 fully saturated rings. The number of benzene rings is 1. The Morgan fingerprint density at radius 1 is 1.47 bits per heavy atom. The molecule has 0 aliphatic rings. The number of aromatic nitrogens is 2. The van der Waals surface area contributed by atoms with Gasteiger partial charge in [-0.05, 0) is 12.1 Å². The number of nitrogens with zero attached hydrogens (tertiary/aromatic N) is 2. The molecule has 6 nitrogen and oxygen atoms in total. The number of rotatable bonds is 2. The fraction of sp³-hybridized carbons (Fsp3) is 0.182. The second kappa shape index (κ2) is 3.89. The van der Waals surface area contributed by atoms with Gasteiger partial charge in [-0.15, -0.1) is 0 Å². The molecule has 0 aliphatic carbocycles. The van der Waals surface area contributed by atoms with Gasteiger partial charge in [-0.2, -0.15) is 0 Å². The van der Waals surface area contributed by atoms with E-state index in [1.54, 1.807) is 12.1 Å². The zero-order chi connectivity index (χ0) is 12.6. The number of aromatic carboxylic acids is 1. The third-order valence-electron chi connectivity index (χ3n) is 2.48. The first kappa shape index (κ1) is 11.1. The molecule has 0 amide bonds. The number of carboxylic acids is 1. The van der Waals surface area contributed by atoms with E-state index in [9.17, 15) is 9.59 Å². The van der Waals surface area contributed by atoms with Gasteiger partial charge < -0.3 is 9.84 Å². The maximum atomic E-state index is 11.9. The summed E-state index contributed by atoms with van der Waals surface area (Å²) in [4.78, 5) is 26.7. The fourth-order valence-corrected chi connectivity index (χ4v) is 1.57. The first-order valence-electron chi connectivity index (χ1n) is 4.82. The summed E-state index contributed by atoms with van der Waals surface area (Å²) in [7, 11) is 2.86. The SMILES string of the molecule is COc1ccc2c(=O)n(C)c(C(=O)O)nc2c1. The molecular formula is C11H10N2O4. The summed E-state index contributed by atoms with van der Waals surface area (Å²) < 4.78 is 6.01. The van der Waals surface area contributed by atoms with E-state index in [4.69, 9.17) is 9.84 Å². The highest BCUT2D eigenvalue weighted by molar-refractivity contribution is 5.87. The Morgan fingerprint density at radius 2 is 2.18 bits per heavy atom. The zero-order valence-electron chi connectivity index (χ0n) is 9.30. The van der Waals surface area contributed by atoms with Crippen LogP contribution in [0.25, 0.3) is 10.9 Å². The zero-order valence-corrected chi connectivity index (χ0v) is 9.30. The Balaban J connectivity index is 2.86. The van der Waals surface area contributed by atoms with Crippen LogP contribution in [-0.2, 0) is 7.05 Å². The summed E-state index contributed by atoms with van der Waals surface area (Å²) in [6.07, 6.45) is 0. The Kier molecular flexibility index (Phi) is 2.55. The summed E-state index contributed by atoms with van der Waals surface area (Å²) in [5.41, 5.74) is -0.0834. The highest BCUT2D eigenvalue weighted by atomic mass is 16.5. The van der Waals surface area contributed by atoms with E-state index >= 15 is 0 Å². The summed E-state index contributed by atoms with van der Waals surface area (Å²) in [5, 5.41) is 9.28. The lowest BCUT2D eigenvalue weighted by atomic mass is 10.2. The quantitative estimate of drug-likeness (QED) is 0.824. The largest absolute Gasteiger partial charge is 0.497 e. The van der Waals surface area contributed by atoms with Crippen molar-refractivity contribution in [3.8, 4) is 5.75 Å². The number of carbonyl (C=O) groups is 1. The van der Waals surface area contributed by atoms with Crippen LogP contribution in [0.4, 0.5) is 0 Å². The fourth-order valence-electron chi connectivity index (χ4n) is 1.57. The number of fused-ring (bicyclic) bond motifs is 1. The van der Waals surface area contributed by atoms with Crippen molar-refractivity contribution < 1.29 is 14.6 Å². The standard InChI is InChI=1S/C11H10N2O4/c1-13-9(11(15)16)12-8-5-6(17-2)3-4-7(8)10(13)14/h3-5H,1-2H3,(H,15,16). The normalized spacial score (nSPS) is 10.5. The summed E-state index contributed by atoms with van der Waals surface area (Å²) in [6.45, 7) is 0. The maximum Gasteiger partial charge on any atom is 0.372 e. The van der Waals surface area contributed by atoms with Crippen molar-refractivity contribution in [2.24, 2.45) is 7.05 Å². The summed E-state index contributed by atoms with van der Waals surface area (Å²) >= 11 is 0. The van der Waals surface area contributed by atoms with E-state index in [2.05, 4.69) is 4.98 Å². The number of hydrogen-bond donors (Lipinski definition) is 1.